The van der Waals surface area contributed by atoms with Gasteiger partial charge in [0.1, 0.15) is 0 Å². The Bertz CT molecular complexity index is 368. The van der Waals surface area contributed by atoms with E-state index in [1.807, 2.05) is 0 Å². The lowest BCUT2D eigenvalue weighted by atomic mass is 10.0. The van der Waals surface area contributed by atoms with Crippen LogP contribution in [0, 0.1) is 6.92 Å². The number of alkyl halides is 6. The lowest BCUT2D eigenvalue weighted by Crippen LogP contribution is -2.14. The molecular weight excluding hydrogens is 302 g/mol. The lowest BCUT2D eigenvalue weighted by Gasteiger charge is -2.16. The average molecular weight is 307 g/mol. The average Bonchev–Trinajstić information content (AvgIpc) is 2.04. The van der Waals surface area contributed by atoms with Gasteiger partial charge in [0.25, 0.3) is 0 Å². The van der Waals surface area contributed by atoms with Crippen LogP contribution in [0.4, 0.5) is 26.3 Å². The highest BCUT2D eigenvalue weighted by Crippen LogP contribution is 2.40. The fraction of sp³-hybridized carbons (Fsp3) is 0.333. The minimum absolute atomic E-state index is 0.252. The second-order valence-corrected chi connectivity index (χ2v) is 4.04. The Labute approximate surface area is 95.4 Å². The summed E-state index contributed by atoms with van der Waals surface area (Å²) in [5, 5.41) is 0. The Morgan fingerprint density at radius 1 is 0.875 bits per heavy atom. The summed E-state index contributed by atoms with van der Waals surface area (Å²) in [4.78, 5) is 0. The summed E-state index contributed by atoms with van der Waals surface area (Å²) in [5.74, 6) is 0. The van der Waals surface area contributed by atoms with Crippen LogP contribution in [-0.4, -0.2) is 0 Å². The molecule has 0 N–H and O–H groups in total. The summed E-state index contributed by atoms with van der Waals surface area (Å²) in [5.41, 5.74) is -3.38. The molecule has 7 heteroatoms. The summed E-state index contributed by atoms with van der Waals surface area (Å²) in [6.45, 7) is 0.804. The highest BCUT2D eigenvalue weighted by atomic mass is 79.9. The van der Waals surface area contributed by atoms with Crippen molar-refractivity contribution >= 4 is 15.9 Å². The molecule has 1 rings (SSSR count). The first-order chi connectivity index (χ1) is 7.03. The zero-order chi connectivity index (χ0) is 12.7. The zero-order valence-corrected chi connectivity index (χ0v) is 9.39. The maximum Gasteiger partial charge on any atom is 0.416 e. The molecule has 0 aliphatic heterocycles. The molecule has 0 amide bonds. The molecule has 1 aromatic rings. The van der Waals surface area contributed by atoms with Gasteiger partial charge in [-0.25, -0.2) is 0 Å². The summed E-state index contributed by atoms with van der Waals surface area (Å²) >= 11 is 2.63. The van der Waals surface area contributed by atoms with Gasteiger partial charge < -0.3 is 0 Å². The van der Waals surface area contributed by atoms with E-state index in [0.717, 1.165) is 6.92 Å². The first kappa shape index (κ1) is 13.3. The van der Waals surface area contributed by atoms with Crippen molar-refractivity contribution in [2.24, 2.45) is 0 Å². The van der Waals surface area contributed by atoms with Gasteiger partial charge in [-0.05, 0) is 24.6 Å². The molecular formula is C9H5BrF6. The fourth-order valence-electron chi connectivity index (χ4n) is 1.27. The molecule has 0 aliphatic rings. The van der Waals surface area contributed by atoms with Crippen LogP contribution in [-0.2, 0) is 12.4 Å². The zero-order valence-electron chi connectivity index (χ0n) is 7.80. The van der Waals surface area contributed by atoms with Crippen molar-refractivity contribution in [3.63, 3.8) is 0 Å². The predicted octanol–water partition coefficient (Wildman–Crippen LogP) is 4.80. The number of hydrogen-bond acceptors (Lipinski definition) is 0. The molecule has 0 bridgehead atoms. The molecule has 0 atom stereocenters. The highest BCUT2D eigenvalue weighted by molar-refractivity contribution is 9.10. The van der Waals surface area contributed by atoms with E-state index in [-0.39, 0.29) is 4.47 Å². The molecule has 0 nitrogen and oxygen atoms in total. The largest absolute Gasteiger partial charge is 0.416 e. The van der Waals surface area contributed by atoms with Crippen LogP contribution in [0.25, 0.3) is 0 Å². The molecule has 1 aromatic carbocycles. The third-order valence-electron chi connectivity index (χ3n) is 1.98. The van der Waals surface area contributed by atoms with Crippen LogP contribution < -0.4 is 0 Å². The van der Waals surface area contributed by atoms with E-state index >= 15 is 0 Å². The van der Waals surface area contributed by atoms with E-state index < -0.39 is 29.0 Å². The maximum absolute atomic E-state index is 12.4. The smallest absolute Gasteiger partial charge is 0.166 e. The molecule has 16 heavy (non-hydrogen) atoms. The van der Waals surface area contributed by atoms with Crippen LogP contribution in [0.1, 0.15) is 16.7 Å². The summed E-state index contributed by atoms with van der Waals surface area (Å²) in [6, 6.07) is 1.26. The molecule has 0 fully saturated rings. The van der Waals surface area contributed by atoms with Gasteiger partial charge in [0.15, 0.2) is 0 Å². The fourth-order valence-corrected chi connectivity index (χ4v) is 1.73. The van der Waals surface area contributed by atoms with Crippen molar-refractivity contribution in [3.8, 4) is 0 Å². The van der Waals surface area contributed by atoms with E-state index in [2.05, 4.69) is 15.9 Å². The Morgan fingerprint density at radius 3 is 1.44 bits per heavy atom. The van der Waals surface area contributed by atoms with E-state index in [0.29, 0.717) is 12.1 Å². The van der Waals surface area contributed by atoms with Crippen LogP contribution in [0.15, 0.2) is 16.6 Å². The summed E-state index contributed by atoms with van der Waals surface area (Å²) in [7, 11) is 0. The third kappa shape index (κ3) is 2.69. The minimum Gasteiger partial charge on any atom is -0.166 e. The highest BCUT2D eigenvalue weighted by Gasteiger charge is 2.39. The molecule has 90 valence electrons. The number of rotatable bonds is 0. The molecule has 0 unspecified atom stereocenters. The Balaban J connectivity index is 3.51. The maximum atomic E-state index is 12.4. The van der Waals surface area contributed by atoms with Crippen molar-refractivity contribution in [2.45, 2.75) is 19.3 Å². The van der Waals surface area contributed by atoms with E-state index in [1.54, 1.807) is 0 Å². The van der Waals surface area contributed by atoms with Gasteiger partial charge in [-0.15, -0.1) is 0 Å². The lowest BCUT2D eigenvalue weighted by molar-refractivity contribution is -0.144. The molecule has 0 saturated carbocycles. The van der Waals surface area contributed by atoms with E-state index in [1.165, 1.54) is 0 Å². The third-order valence-corrected chi connectivity index (χ3v) is 2.44. The Morgan fingerprint density at radius 2 is 1.19 bits per heavy atom. The SMILES string of the molecule is Cc1c(C(F)(F)F)cc(Br)cc1C(F)(F)F. The number of hydrogen-bond donors (Lipinski definition) is 0. The van der Waals surface area contributed by atoms with Gasteiger partial charge >= 0.3 is 12.4 Å². The molecule has 0 aliphatic carbocycles. The quantitative estimate of drug-likeness (QED) is 0.604. The van der Waals surface area contributed by atoms with Gasteiger partial charge in [0, 0.05) is 4.47 Å². The predicted molar refractivity (Wildman–Crippen MR) is 48.9 cm³/mol. The van der Waals surface area contributed by atoms with Crippen LogP contribution in [0.3, 0.4) is 0 Å². The summed E-state index contributed by atoms with van der Waals surface area (Å²) in [6.07, 6.45) is -9.60. The molecule has 0 heterocycles. The molecule has 0 radical (unpaired) electrons. The Kier molecular flexibility index (Phi) is 3.29. The van der Waals surface area contributed by atoms with Gasteiger partial charge in [-0.2, -0.15) is 26.3 Å². The molecule has 0 saturated heterocycles. The van der Waals surface area contributed by atoms with E-state index in [4.69, 9.17) is 0 Å². The first-order valence-electron chi connectivity index (χ1n) is 3.98. The van der Waals surface area contributed by atoms with Crippen molar-refractivity contribution in [3.05, 3.63) is 33.3 Å². The van der Waals surface area contributed by atoms with Gasteiger partial charge in [0.05, 0.1) is 11.1 Å². The van der Waals surface area contributed by atoms with Crippen molar-refractivity contribution in [1.29, 1.82) is 0 Å². The van der Waals surface area contributed by atoms with Crippen molar-refractivity contribution < 1.29 is 26.3 Å². The van der Waals surface area contributed by atoms with Gasteiger partial charge in [-0.1, -0.05) is 15.9 Å². The molecule has 0 aromatic heterocycles. The molecule has 0 spiro atoms. The van der Waals surface area contributed by atoms with Crippen molar-refractivity contribution in [2.75, 3.05) is 0 Å². The second-order valence-electron chi connectivity index (χ2n) is 3.12. The topological polar surface area (TPSA) is 0 Å². The van der Waals surface area contributed by atoms with Crippen LogP contribution >= 0.6 is 15.9 Å². The van der Waals surface area contributed by atoms with Crippen LogP contribution in [0.2, 0.25) is 0 Å². The standard InChI is InChI=1S/C9H5BrF6/c1-4-6(8(11,12)13)2-5(10)3-7(4)9(14,15)16/h2-3H,1H3. The Hall–Kier alpha value is -0.720. The first-order valence-corrected chi connectivity index (χ1v) is 4.77. The number of halogens is 7. The number of benzene rings is 1. The van der Waals surface area contributed by atoms with E-state index in [9.17, 15) is 26.3 Å². The van der Waals surface area contributed by atoms with Gasteiger partial charge in [0.2, 0.25) is 0 Å². The van der Waals surface area contributed by atoms with Gasteiger partial charge in [-0.3, -0.25) is 0 Å². The summed E-state index contributed by atoms with van der Waals surface area (Å²) < 4.78 is 74.2. The van der Waals surface area contributed by atoms with Crippen LogP contribution in [0.5, 0.6) is 0 Å². The second kappa shape index (κ2) is 3.94. The minimum atomic E-state index is -4.80. The van der Waals surface area contributed by atoms with Crippen molar-refractivity contribution in [1.82, 2.24) is 0 Å². The normalized spacial score (nSPS) is 13.0. The monoisotopic (exact) mass is 306 g/mol.